The maximum Gasteiger partial charge on any atom is 0.129 e. The molecule has 2 rings (SSSR count). The first-order valence-electron chi connectivity index (χ1n) is 7.47. The summed E-state index contributed by atoms with van der Waals surface area (Å²) in [6.45, 7) is 1.99. The van der Waals surface area contributed by atoms with E-state index >= 15 is 0 Å². The van der Waals surface area contributed by atoms with Crippen LogP contribution in [0.2, 0.25) is 5.02 Å². The van der Waals surface area contributed by atoms with Gasteiger partial charge in [-0.3, -0.25) is 0 Å². The number of allylic oxidation sites excluding steroid dienone is 3. The molecule has 22 heavy (non-hydrogen) atoms. The third-order valence-corrected chi connectivity index (χ3v) is 3.99. The van der Waals surface area contributed by atoms with Gasteiger partial charge in [-0.15, -0.1) is 0 Å². The van der Waals surface area contributed by atoms with Crippen molar-refractivity contribution in [2.24, 2.45) is 0 Å². The van der Waals surface area contributed by atoms with Gasteiger partial charge in [0.05, 0.1) is 0 Å². The SMILES string of the molecule is N#CC(C#N)=C/C=C(/c1ccc(Cl)cc1)N1CCCCCC1. The monoisotopic (exact) mass is 311 g/mol. The Morgan fingerprint density at radius 3 is 2.09 bits per heavy atom. The van der Waals surface area contributed by atoms with Crippen LogP contribution in [0.4, 0.5) is 0 Å². The van der Waals surface area contributed by atoms with Crippen molar-refractivity contribution >= 4 is 17.3 Å². The average Bonchev–Trinajstić information content (AvgIpc) is 2.82. The summed E-state index contributed by atoms with van der Waals surface area (Å²) in [4.78, 5) is 2.33. The minimum Gasteiger partial charge on any atom is -0.371 e. The highest BCUT2D eigenvalue weighted by molar-refractivity contribution is 6.30. The van der Waals surface area contributed by atoms with Crippen LogP contribution in [0.3, 0.4) is 0 Å². The molecule has 0 amide bonds. The molecular weight excluding hydrogens is 294 g/mol. The molecule has 0 spiro atoms. The predicted octanol–water partition coefficient (Wildman–Crippen LogP) is 4.53. The zero-order valence-corrected chi connectivity index (χ0v) is 13.2. The van der Waals surface area contributed by atoms with Crippen molar-refractivity contribution in [1.82, 2.24) is 4.90 Å². The summed E-state index contributed by atoms with van der Waals surface area (Å²) < 4.78 is 0. The molecule has 0 radical (unpaired) electrons. The van der Waals surface area contributed by atoms with Crippen LogP contribution >= 0.6 is 11.6 Å². The van der Waals surface area contributed by atoms with Gasteiger partial charge in [0.2, 0.25) is 0 Å². The van der Waals surface area contributed by atoms with Crippen LogP contribution in [-0.2, 0) is 0 Å². The van der Waals surface area contributed by atoms with Crippen LogP contribution in [0.25, 0.3) is 5.70 Å². The lowest BCUT2D eigenvalue weighted by Crippen LogP contribution is -2.23. The Labute approximate surface area is 136 Å². The maximum absolute atomic E-state index is 8.90. The van der Waals surface area contributed by atoms with Crippen molar-refractivity contribution < 1.29 is 0 Å². The van der Waals surface area contributed by atoms with Gasteiger partial charge < -0.3 is 4.90 Å². The van der Waals surface area contributed by atoms with Crippen LogP contribution in [0, 0.1) is 22.7 Å². The average molecular weight is 312 g/mol. The number of hydrogen-bond donors (Lipinski definition) is 0. The molecule has 0 atom stereocenters. The lowest BCUT2D eigenvalue weighted by atomic mass is 10.1. The molecule has 1 aromatic rings. The first-order chi connectivity index (χ1) is 10.7. The van der Waals surface area contributed by atoms with Crippen LogP contribution in [0.15, 0.2) is 42.0 Å². The molecule has 0 saturated carbocycles. The highest BCUT2D eigenvalue weighted by Gasteiger charge is 2.13. The lowest BCUT2D eigenvalue weighted by molar-refractivity contribution is 0.413. The highest BCUT2D eigenvalue weighted by Crippen LogP contribution is 2.24. The standard InChI is InChI=1S/C18H18ClN3/c19-17-8-6-16(7-9-17)18(10-5-15(13-20)14-21)22-11-3-1-2-4-12-22/h5-10H,1-4,11-12H2/b18-10-. The maximum atomic E-state index is 8.90. The van der Waals surface area contributed by atoms with E-state index < -0.39 is 0 Å². The fraction of sp³-hybridized carbons (Fsp3) is 0.333. The van der Waals surface area contributed by atoms with Gasteiger partial charge in [0.25, 0.3) is 0 Å². The molecule has 0 bridgehead atoms. The molecule has 0 N–H and O–H groups in total. The van der Waals surface area contributed by atoms with Crippen molar-refractivity contribution in [1.29, 1.82) is 10.5 Å². The Morgan fingerprint density at radius 1 is 0.955 bits per heavy atom. The second-order valence-electron chi connectivity index (χ2n) is 5.26. The van der Waals surface area contributed by atoms with Gasteiger partial charge in [-0.25, -0.2) is 0 Å². The quantitative estimate of drug-likeness (QED) is 0.608. The van der Waals surface area contributed by atoms with E-state index in [2.05, 4.69) is 4.90 Å². The van der Waals surface area contributed by atoms with Gasteiger partial charge in [0, 0.05) is 23.8 Å². The fourth-order valence-electron chi connectivity index (χ4n) is 2.58. The van der Waals surface area contributed by atoms with Gasteiger partial charge in [-0.2, -0.15) is 10.5 Å². The summed E-state index contributed by atoms with van der Waals surface area (Å²) in [5.41, 5.74) is 2.21. The number of nitrogens with zero attached hydrogens (tertiary/aromatic N) is 3. The molecule has 1 aromatic carbocycles. The topological polar surface area (TPSA) is 50.8 Å². The Bertz CT molecular complexity index is 620. The van der Waals surface area contributed by atoms with Crippen molar-refractivity contribution in [3.63, 3.8) is 0 Å². The van der Waals surface area contributed by atoms with Crippen LogP contribution in [0.5, 0.6) is 0 Å². The second-order valence-corrected chi connectivity index (χ2v) is 5.70. The Hall–Kier alpha value is -2.23. The molecule has 1 saturated heterocycles. The third-order valence-electron chi connectivity index (χ3n) is 3.74. The normalized spacial score (nSPS) is 15.4. The van der Waals surface area contributed by atoms with E-state index in [-0.39, 0.29) is 5.57 Å². The molecule has 4 heteroatoms. The zero-order chi connectivity index (χ0) is 15.8. The van der Waals surface area contributed by atoms with E-state index in [1.54, 1.807) is 6.08 Å². The van der Waals surface area contributed by atoms with E-state index in [0.29, 0.717) is 5.02 Å². The molecule has 0 aliphatic carbocycles. The Morgan fingerprint density at radius 2 is 1.55 bits per heavy atom. The van der Waals surface area contributed by atoms with Crippen molar-refractivity contribution in [2.75, 3.05) is 13.1 Å². The molecule has 1 heterocycles. The minimum atomic E-state index is 0.112. The molecule has 112 valence electrons. The van der Waals surface area contributed by atoms with Gasteiger partial charge in [0.1, 0.15) is 17.7 Å². The Balaban J connectivity index is 2.37. The summed E-state index contributed by atoms with van der Waals surface area (Å²) in [7, 11) is 0. The number of likely N-dealkylation sites (tertiary alicyclic amines) is 1. The molecular formula is C18H18ClN3. The summed E-state index contributed by atoms with van der Waals surface area (Å²) in [6, 6.07) is 11.5. The van der Waals surface area contributed by atoms with E-state index in [1.165, 1.54) is 12.8 Å². The van der Waals surface area contributed by atoms with Crippen molar-refractivity contribution in [2.45, 2.75) is 25.7 Å². The number of benzene rings is 1. The second kappa shape index (κ2) is 8.27. The molecule has 3 nitrogen and oxygen atoms in total. The van der Waals surface area contributed by atoms with Gasteiger partial charge in [0.15, 0.2) is 0 Å². The first kappa shape index (κ1) is 16.1. The zero-order valence-electron chi connectivity index (χ0n) is 12.4. The third kappa shape index (κ3) is 4.38. The lowest BCUT2D eigenvalue weighted by Gasteiger charge is -2.26. The van der Waals surface area contributed by atoms with Crippen LogP contribution in [0.1, 0.15) is 31.2 Å². The Kier molecular flexibility index (Phi) is 6.07. The smallest absolute Gasteiger partial charge is 0.129 e. The number of hydrogen-bond acceptors (Lipinski definition) is 3. The van der Waals surface area contributed by atoms with E-state index in [4.69, 9.17) is 22.1 Å². The summed E-state index contributed by atoms with van der Waals surface area (Å²) in [5, 5.41) is 18.5. The summed E-state index contributed by atoms with van der Waals surface area (Å²) >= 11 is 5.97. The van der Waals surface area contributed by atoms with Crippen molar-refractivity contribution in [3.8, 4) is 12.1 Å². The molecule has 0 aromatic heterocycles. The van der Waals surface area contributed by atoms with Crippen LogP contribution < -0.4 is 0 Å². The fourth-order valence-corrected chi connectivity index (χ4v) is 2.70. The number of nitriles is 2. The predicted molar refractivity (Wildman–Crippen MR) is 88.8 cm³/mol. The molecule has 1 aliphatic heterocycles. The largest absolute Gasteiger partial charge is 0.371 e. The van der Waals surface area contributed by atoms with E-state index in [0.717, 1.165) is 37.2 Å². The van der Waals surface area contributed by atoms with Crippen LogP contribution in [-0.4, -0.2) is 18.0 Å². The number of halogens is 1. The van der Waals surface area contributed by atoms with E-state index in [1.807, 2.05) is 42.5 Å². The molecule has 0 unspecified atom stereocenters. The van der Waals surface area contributed by atoms with Gasteiger partial charge >= 0.3 is 0 Å². The van der Waals surface area contributed by atoms with Crippen molar-refractivity contribution in [3.05, 3.63) is 52.6 Å². The first-order valence-corrected chi connectivity index (χ1v) is 7.85. The van der Waals surface area contributed by atoms with E-state index in [9.17, 15) is 0 Å². The summed E-state index contributed by atoms with van der Waals surface area (Å²) in [6.07, 6.45) is 8.30. The van der Waals surface area contributed by atoms with Gasteiger partial charge in [-0.05, 0) is 42.7 Å². The minimum absolute atomic E-state index is 0.112. The highest BCUT2D eigenvalue weighted by atomic mass is 35.5. The molecule has 1 aliphatic rings. The van der Waals surface area contributed by atoms with Gasteiger partial charge in [-0.1, -0.05) is 36.6 Å². The molecule has 1 fully saturated rings. The summed E-state index contributed by atoms with van der Waals surface area (Å²) in [5.74, 6) is 0. The number of rotatable bonds is 3.